The Labute approximate surface area is 73.3 Å². The molecule has 1 N–H and O–H groups in total. The molecule has 2 nitrogen and oxygen atoms in total. The molecule has 0 saturated heterocycles. The second-order valence-electron chi connectivity index (χ2n) is 2.58. The molecule has 0 aliphatic heterocycles. The van der Waals surface area contributed by atoms with Gasteiger partial charge < -0.3 is 5.43 Å². The van der Waals surface area contributed by atoms with E-state index >= 15 is 0 Å². The summed E-state index contributed by atoms with van der Waals surface area (Å²) in [6.45, 7) is 2.15. The molecule has 0 bridgehead atoms. The van der Waals surface area contributed by atoms with Crippen LogP contribution in [0.4, 0.5) is 0 Å². The van der Waals surface area contributed by atoms with Crippen LogP contribution in [-0.2, 0) is 6.42 Å². The largest absolute Gasteiger partial charge is 0.313 e. The van der Waals surface area contributed by atoms with E-state index in [1.54, 1.807) is 13.3 Å². The molecule has 0 aliphatic rings. The maximum absolute atomic E-state index is 3.92. The zero-order valence-corrected chi connectivity index (χ0v) is 7.54. The Morgan fingerprint density at radius 3 is 2.50 bits per heavy atom. The fraction of sp³-hybridized carbons (Fsp3) is 0.300. The smallest absolute Gasteiger partial charge is 0.0540 e. The van der Waals surface area contributed by atoms with Gasteiger partial charge in [-0.1, -0.05) is 31.2 Å². The van der Waals surface area contributed by atoms with E-state index in [-0.39, 0.29) is 0 Å². The molecule has 0 aromatic heterocycles. The lowest BCUT2D eigenvalue weighted by molar-refractivity contribution is 0.908. The molecule has 0 saturated carbocycles. The maximum atomic E-state index is 3.92. The average Bonchev–Trinajstić information content (AvgIpc) is 2.15. The fourth-order valence-corrected chi connectivity index (χ4v) is 0.978. The van der Waals surface area contributed by atoms with Gasteiger partial charge in [0.15, 0.2) is 0 Å². The topological polar surface area (TPSA) is 24.4 Å². The SMILES string of the molecule is CCc1ccc(/C=N/NC)cc1. The molecule has 0 radical (unpaired) electrons. The molecule has 0 aliphatic carbocycles. The molecule has 0 unspecified atom stereocenters. The second-order valence-corrected chi connectivity index (χ2v) is 2.58. The minimum Gasteiger partial charge on any atom is -0.313 e. The summed E-state index contributed by atoms with van der Waals surface area (Å²) in [5.41, 5.74) is 5.20. The molecule has 2 heteroatoms. The van der Waals surface area contributed by atoms with E-state index in [0.717, 1.165) is 12.0 Å². The van der Waals surface area contributed by atoms with Crippen molar-refractivity contribution in [3.05, 3.63) is 35.4 Å². The number of nitrogens with zero attached hydrogens (tertiary/aromatic N) is 1. The summed E-state index contributed by atoms with van der Waals surface area (Å²) in [6.07, 6.45) is 2.89. The molecule has 0 atom stereocenters. The van der Waals surface area contributed by atoms with Crippen LogP contribution in [0.3, 0.4) is 0 Å². The van der Waals surface area contributed by atoms with Gasteiger partial charge in [-0.05, 0) is 17.5 Å². The van der Waals surface area contributed by atoms with Gasteiger partial charge in [0.2, 0.25) is 0 Å². The van der Waals surface area contributed by atoms with Crippen LogP contribution in [-0.4, -0.2) is 13.3 Å². The van der Waals surface area contributed by atoms with Crippen LogP contribution < -0.4 is 5.43 Å². The van der Waals surface area contributed by atoms with Crippen molar-refractivity contribution in [3.8, 4) is 0 Å². The molecule has 0 fully saturated rings. The zero-order chi connectivity index (χ0) is 8.81. The van der Waals surface area contributed by atoms with Crippen LogP contribution >= 0.6 is 0 Å². The number of aryl methyl sites for hydroxylation is 1. The van der Waals surface area contributed by atoms with E-state index in [1.807, 2.05) is 0 Å². The standard InChI is InChI=1S/C10H14N2/c1-3-9-4-6-10(7-5-9)8-12-11-2/h4-8,11H,3H2,1-2H3/b12-8+. The molecular formula is C10H14N2. The fourth-order valence-electron chi connectivity index (χ4n) is 0.978. The third-order valence-corrected chi connectivity index (χ3v) is 1.73. The lowest BCUT2D eigenvalue weighted by Crippen LogP contribution is -1.94. The maximum Gasteiger partial charge on any atom is 0.0540 e. The number of rotatable bonds is 3. The second kappa shape index (κ2) is 4.54. The third-order valence-electron chi connectivity index (χ3n) is 1.73. The number of hydrazone groups is 1. The zero-order valence-electron chi connectivity index (χ0n) is 7.54. The van der Waals surface area contributed by atoms with Gasteiger partial charge in [-0.2, -0.15) is 5.10 Å². The van der Waals surface area contributed by atoms with Crippen molar-refractivity contribution in [1.82, 2.24) is 5.43 Å². The van der Waals surface area contributed by atoms with Crippen molar-refractivity contribution in [1.29, 1.82) is 0 Å². The Morgan fingerprint density at radius 2 is 2.00 bits per heavy atom. The average molecular weight is 162 g/mol. The minimum absolute atomic E-state index is 1.09. The van der Waals surface area contributed by atoms with Crippen molar-refractivity contribution < 1.29 is 0 Å². The summed E-state index contributed by atoms with van der Waals surface area (Å²) < 4.78 is 0. The quantitative estimate of drug-likeness (QED) is 0.532. The summed E-state index contributed by atoms with van der Waals surface area (Å²) in [6, 6.07) is 8.38. The van der Waals surface area contributed by atoms with Gasteiger partial charge in [-0.3, -0.25) is 0 Å². The molecule has 0 amide bonds. The first-order chi connectivity index (χ1) is 5.86. The molecule has 1 rings (SSSR count). The molecule has 1 aromatic rings. The first-order valence-corrected chi connectivity index (χ1v) is 4.15. The summed E-state index contributed by atoms with van der Waals surface area (Å²) in [4.78, 5) is 0. The molecule has 12 heavy (non-hydrogen) atoms. The van der Waals surface area contributed by atoms with E-state index in [2.05, 4.69) is 41.7 Å². The summed E-state index contributed by atoms with van der Waals surface area (Å²) in [5.74, 6) is 0. The number of benzene rings is 1. The van der Waals surface area contributed by atoms with Crippen molar-refractivity contribution >= 4 is 6.21 Å². The van der Waals surface area contributed by atoms with Gasteiger partial charge in [-0.25, -0.2) is 0 Å². The summed E-state index contributed by atoms with van der Waals surface area (Å²) in [7, 11) is 1.79. The monoisotopic (exact) mass is 162 g/mol. The molecular weight excluding hydrogens is 148 g/mol. The lowest BCUT2D eigenvalue weighted by atomic mass is 10.1. The van der Waals surface area contributed by atoms with Gasteiger partial charge in [0.25, 0.3) is 0 Å². The summed E-state index contributed by atoms with van der Waals surface area (Å²) >= 11 is 0. The highest BCUT2D eigenvalue weighted by Gasteiger charge is 1.88. The highest BCUT2D eigenvalue weighted by atomic mass is 15.3. The van der Waals surface area contributed by atoms with E-state index < -0.39 is 0 Å². The lowest BCUT2D eigenvalue weighted by Gasteiger charge is -1.96. The predicted octanol–water partition coefficient (Wildman–Crippen LogP) is 1.80. The van der Waals surface area contributed by atoms with E-state index in [1.165, 1.54) is 5.56 Å². The number of hydrogen-bond donors (Lipinski definition) is 1. The van der Waals surface area contributed by atoms with Crippen molar-refractivity contribution in [2.75, 3.05) is 7.05 Å². The van der Waals surface area contributed by atoms with Crippen molar-refractivity contribution in [3.63, 3.8) is 0 Å². The molecule has 0 spiro atoms. The summed E-state index contributed by atoms with van der Waals surface area (Å²) in [5, 5.41) is 3.92. The third kappa shape index (κ3) is 2.38. The Balaban J connectivity index is 2.71. The van der Waals surface area contributed by atoms with Crippen LogP contribution in [0.1, 0.15) is 18.1 Å². The number of hydrogen-bond acceptors (Lipinski definition) is 2. The van der Waals surface area contributed by atoms with E-state index in [4.69, 9.17) is 0 Å². The number of nitrogens with one attached hydrogen (secondary N) is 1. The highest BCUT2D eigenvalue weighted by Crippen LogP contribution is 2.02. The molecule has 1 aromatic carbocycles. The first kappa shape index (κ1) is 8.78. The van der Waals surface area contributed by atoms with Crippen LogP contribution in [0.5, 0.6) is 0 Å². The minimum atomic E-state index is 1.09. The van der Waals surface area contributed by atoms with Gasteiger partial charge in [0, 0.05) is 7.05 Å². The van der Waals surface area contributed by atoms with E-state index in [9.17, 15) is 0 Å². The van der Waals surface area contributed by atoms with Crippen LogP contribution in [0.2, 0.25) is 0 Å². The van der Waals surface area contributed by atoms with Crippen molar-refractivity contribution in [2.24, 2.45) is 5.10 Å². The Bertz CT molecular complexity index is 249. The Kier molecular flexibility index (Phi) is 3.33. The van der Waals surface area contributed by atoms with Crippen LogP contribution in [0.15, 0.2) is 29.4 Å². The Morgan fingerprint density at radius 1 is 1.33 bits per heavy atom. The van der Waals surface area contributed by atoms with Gasteiger partial charge in [0.05, 0.1) is 6.21 Å². The Hall–Kier alpha value is -1.31. The van der Waals surface area contributed by atoms with Gasteiger partial charge >= 0.3 is 0 Å². The van der Waals surface area contributed by atoms with Gasteiger partial charge in [-0.15, -0.1) is 0 Å². The van der Waals surface area contributed by atoms with Gasteiger partial charge in [0.1, 0.15) is 0 Å². The van der Waals surface area contributed by atoms with Crippen molar-refractivity contribution in [2.45, 2.75) is 13.3 Å². The van der Waals surface area contributed by atoms with E-state index in [0.29, 0.717) is 0 Å². The molecule has 0 heterocycles. The van der Waals surface area contributed by atoms with Crippen LogP contribution in [0, 0.1) is 0 Å². The van der Waals surface area contributed by atoms with Crippen LogP contribution in [0.25, 0.3) is 0 Å². The predicted molar refractivity (Wildman–Crippen MR) is 52.5 cm³/mol. The normalized spacial score (nSPS) is 10.5. The highest BCUT2D eigenvalue weighted by molar-refractivity contribution is 5.79. The molecule has 64 valence electrons. The first-order valence-electron chi connectivity index (χ1n) is 4.15.